The van der Waals surface area contributed by atoms with Gasteiger partial charge in [0.15, 0.2) is 0 Å². The number of ether oxygens (including phenoxy) is 1. The molecule has 1 aromatic rings. The summed E-state index contributed by atoms with van der Waals surface area (Å²) in [5, 5.41) is 0. The summed E-state index contributed by atoms with van der Waals surface area (Å²) in [6.07, 6.45) is 6.03. The first-order valence-electron chi connectivity index (χ1n) is 6.57. The Morgan fingerprint density at radius 1 is 1.29 bits per heavy atom. The number of rotatable bonds is 3. The Balaban J connectivity index is 1.60. The van der Waals surface area contributed by atoms with Gasteiger partial charge >= 0.3 is 0 Å². The van der Waals surface area contributed by atoms with Crippen molar-refractivity contribution in [3.63, 3.8) is 0 Å². The minimum atomic E-state index is 0.456. The second-order valence-electron chi connectivity index (χ2n) is 5.23. The monoisotopic (exact) mass is 230 g/mol. The van der Waals surface area contributed by atoms with Crippen molar-refractivity contribution in [1.29, 1.82) is 0 Å². The van der Waals surface area contributed by atoms with Gasteiger partial charge in [0.2, 0.25) is 0 Å². The summed E-state index contributed by atoms with van der Waals surface area (Å²) >= 11 is 0. The Bertz CT molecular complexity index is 437. The van der Waals surface area contributed by atoms with Crippen LogP contribution in [0.1, 0.15) is 36.8 Å². The fourth-order valence-electron chi connectivity index (χ4n) is 2.90. The normalized spacial score (nSPS) is 22.6. The van der Waals surface area contributed by atoms with Gasteiger partial charge in [-0.15, -0.1) is 0 Å². The van der Waals surface area contributed by atoms with Gasteiger partial charge in [0.1, 0.15) is 11.5 Å². The summed E-state index contributed by atoms with van der Waals surface area (Å²) in [5.41, 5.74) is 2.75. The van der Waals surface area contributed by atoms with Crippen LogP contribution in [-0.4, -0.2) is 12.4 Å². The molecule has 1 heterocycles. The van der Waals surface area contributed by atoms with Crippen LogP contribution in [0.2, 0.25) is 0 Å². The number of hydrogen-bond acceptors (Lipinski definition) is 2. The van der Waals surface area contributed by atoms with Crippen LogP contribution in [0, 0.1) is 5.92 Å². The number of fused-ring (bicyclic) bond motifs is 1. The molecular weight excluding hydrogens is 212 g/mol. The van der Waals surface area contributed by atoms with E-state index in [0.29, 0.717) is 11.7 Å². The number of Topliss-reactive ketones (excluding diaryl/α,β-unsaturated/α-hetero) is 1. The lowest BCUT2D eigenvalue weighted by Gasteiger charge is -2.08. The molecule has 17 heavy (non-hydrogen) atoms. The minimum absolute atomic E-state index is 0.456. The molecule has 3 rings (SSSR count). The minimum Gasteiger partial charge on any atom is -0.493 e. The molecule has 0 spiro atoms. The van der Waals surface area contributed by atoms with Crippen LogP contribution < -0.4 is 4.74 Å². The van der Waals surface area contributed by atoms with Gasteiger partial charge in [-0.25, -0.2) is 0 Å². The number of carbonyl (C=O) groups excluding carboxylic acids is 1. The molecule has 1 aromatic carbocycles. The molecule has 0 aromatic heterocycles. The van der Waals surface area contributed by atoms with Crippen LogP contribution in [0.4, 0.5) is 0 Å². The van der Waals surface area contributed by atoms with Gasteiger partial charge in [-0.3, -0.25) is 4.79 Å². The van der Waals surface area contributed by atoms with Gasteiger partial charge in [-0.1, -0.05) is 12.1 Å². The largest absolute Gasteiger partial charge is 0.493 e. The highest BCUT2D eigenvalue weighted by atomic mass is 16.5. The van der Waals surface area contributed by atoms with E-state index in [1.54, 1.807) is 0 Å². The van der Waals surface area contributed by atoms with Crippen molar-refractivity contribution >= 4 is 5.78 Å². The van der Waals surface area contributed by atoms with E-state index in [1.807, 2.05) is 0 Å². The lowest BCUT2D eigenvalue weighted by Crippen LogP contribution is -1.98. The molecule has 2 heteroatoms. The third-order valence-electron chi connectivity index (χ3n) is 3.94. The van der Waals surface area contributed by atoms with Crippen LogP contribution in [0.25, 0.3) is 0 Å². The van der Waals surface area contributed by atoms with Crippen LogP contribution in [0.15, 0.2) is 18.2 Å². The molecule has 2 nitrogen and oxygen atoms in total. The Kier molecular flexibility index (Phi) is 2.87. The Morgan fingerprint density at radius 3 is 3.06 bits per heavy atom. The maximum absolute atomic E-state index is 11.2. The SMILES string of the molecule is O=C1CCC(CCc2ccc3c(c2)CCO3)C1. The first-order valence-corrected chi connectivity index (χ1v) is 6.57. The zero-order chi connectivity index (χ0) is 11.7. The quantitative estimate of drug-likeness (QED) is 0.798. The molecule has 0 bridgehead atoms. The summed E-state index contributed by atoms with van der Waals surface area (Å²) in [4.78, 5) is 11.2. The molecule has 0 saturated heterocycles. The van der Waals surface area contributed by atoms with Crippen molar-refractivity contribution in [3.8, 4) is 5.75 Å². The van der Waals surface area contributed by atoms with Gasteiger partial charge < -0.3 is 4.74 Å². The van der Waals surface area contributed by atoms with Crippen LogP contribution in [-0.2, 0) is 17.6 Å². The highest BCUT2D eigenvalue weighted by Crippen LogP contribution is 2.29. The summed E-state index contributed by atoms with van der Waals surface area (Å²) in [6, 6.07) is 6.54. The van der Waals surface area contributed by atoms with Gasteiger partial charge in [0, 0.05) is 19.3 Å². The second-order valence-corrected chi connectivity index (χ2v) is 5.23. The van der Waals surface area contributed by atoms with Crippen molar-refractivity contribution in [1.82, 2.24) is 0 Å². The van der Waals surface area contributed by atoms with Crippen LogP contribution in [0.3, 0.4) is 0 Å². The average Bonchev–Trinajstić information content (AvgIpc) is 2.94. The molecule has 0 amide bonds. The van der Waals surface area contributed by atoms with Gasteiger partial charge in [0.25, 0.3) is 0 Å². The average molecular weight is 230 g/mol. The van der Waals surface area contributed by atoms with E-state index in [-0.39, 0.29) is 0 Å². The van der Waals surface area contributed by atoms with Gasteiger partial charge in [-0.05, 0) is 42.4 Å². The van der Waals surface area contributed by atoms with Crippen molar-refractivity contribution < 1.29 is 9.53 Å². The third kappa shape index (κ3) is 2.36. The molecule has 2 aliphatic rings. The summed E-state index contributed by atoms with van der Waals surface area (Å²) in [6.45, 7) is 0.829. The third-order valence-corrected chi connectivity index (χ3v) is 3.94. The van der Waals surface area contributed by atoms with Crippen molar-refractivity contribution in [2.24, 2.45) is 5.92 Å². The molecule has 90 valence electrons. The summed E-state index contributed by atoms with van der Waals surface area (Å²) < 4.78 is 5.50. The summed E-state index contributed by atoms with van der Waals surface area (Å²) in [7, 11) is 0. The topological polar surface area (TPSA) is 26.3 Å². The number of aryl methyl sites for hydroxylation is 1. The zero-order valence-electron chi connectivity index (χ0n) is 10.1. The highest BCUT2D eigenvalue weighted by Gasteiger charge is 2.21. The fourth-order valence-corrected chi connectivity index (χ4v) is 2.90. The number of benzene rings is 1. The van der Waals surface area contributed by atoms with E-state index in [1.165, 1.54) is 11.1 Å². The van der Waals surface area contributed by atoms with Crippen LogP contribution >= 0.6 is 0 Å². The molecule has 1 aliphatic heterocycles. The summed E-state index contributed by atoms with van der Waals surface area (Å²) in [5.74, 6) is 2.15. The molecule has 1 atom stereocenters. The van der Waals surface area contributed by atoms with Crippen molar-refractivity contribution in [3.05, 3.63) is 29.3 Å². The standard InChI is InChI=1S/C15H18O2/c16-14-5-3-12(10-14)2-1-11-4-6-15-13(9-11)7-8-17-15/h4,6,9,12H,1-3,5,7-8,10H2. The highest BCUT2D eigenvalue weighted by molar-refractivity contribution is 5.80. The Morgan fingerprint density at radius 2 is 2.24 bits per heavy atom. The Hall–Kier alpha value is -1.31. The number of ketones is 1. The van der Waals surface area contributed by atoms with Crippen molar-refractivity contribution in [2.75, 3.05) is 6.61 Å². The fraction of sp³-hybridized carbons (Fsp3) is 0.533. The molecular formula is C15H18O2. The predicted octanol–water partition coefficient (Wildman–Crippen LogP) is 2.92. The lowest BCUT2D eigenvalue weighted by molar-refractivity contribution is -0.117. The number of hydrogen-bond donors (Lipinski definition) is 0. The Labute approximate surface area is 102 Å². The van der Waals surface area contributed by atoms with E-state index in [4.69, 9.17) is 4.74 Å². The van der Waals surface area contributed by atoms with Gasteiger partial charge in [-0.2, -0.15) is 0 Å². The molecule has 0 N–H and O–H groups in total. The molecule has 1 aliphatic carbocycles. The second kappa shape index (κ2) is 4.52. The number of carbonyl (C=O) groups is 1. The van der Waals surface area contributed by atoms with E-state index in [9.17, 15) is 4.79 Å². The maximum Gasteiger partial charge on any atom is 0.133 e. The lowest BCUT2D eigenvalue weighted by atomic mass is 9.97. The smallest absolute Gasteiger partial charge is 0.133 e. The van der Waals surface area contributed by atoms with Crippen molar-refractivity contribution in [2.45, 2.75) is 38.5 Å². The molecule has 0 radical (unpaired) electrons. The van der Waals surface area contributed by atoms with Crippen LogP contribution in [0.5, 0.6) is 5.75 Å². The zero-order valence-corrected chi connectivity index (χ0v) is 10.1. The first-order chi connectivity index (χ1) is 8.31. The van der Waals surface area contributed by atoms with E-state index < -0.39 is 0 Å². The first kappa shape index (κ1) is 10.8. The van der Waals surface area contributed by atoms with Gasteiger partial charge in [0.05, 0.1) is 6.61 Å². The maximum atomic E-state index is 11.2. The van der Waals surface area contributed by atoms with E-state index >= 15 is 0 Å². The van der Waals surface area contributed by atoms with E-state index in [0.717, 1.165) is 50.9 Å². The van der Waals surface area contributed by atoms with E-state index in [2.05, 4.69) is 18.2 Å². The molecule has 1 unspecified atom stereocenters. The molecule has 1 fully saturated rings. The molecule has 1 saturated carbocycles. The predicted molar refractivity (Wildman–Crippen MR) is 66.3 cm³/mol.